The first kappa shape index (κ1) is 16.7. The third-order valence-corrected chi connectivity index (χ3v) is 6.64. The molecule has 2 aliphatic rings. The van der Waals surface area contributed by atoms with Crippen molar-refractivity contribution in [2.24, 2.45) is 0 Å². The van der Waals surface area contributed by atoms with Gasteiger partial charge >= 0.3 is 0 Å². The standard InChI is InChI=1S/C16H21ClN2O3S/c17-23(21,22)15-10-16(20)19(12-15)14-6-8-18(9-7-14)11-13-4-2-1-3-5-13/h1-5,14-15H,6-12H2. The van der Waals surface area contributed by atoms with Crippen LogP contribution in [0.5, 0.6) is 0 Å². The van der Waals surface area contributed by atoms with Crippen molar-refractivity contribution in [3.05, 3.63) is 35.9 Å². The van der Waals surface area contributed by atoms with Gasteiger partial charge in [-0.1, -0.05) is 30.3 Å². The minimum absolute atomic E-state index is 0.0239. The van der Waals surface area contributed by atoms with Crippen molar-refractivity contribution >= 4 is 25.6 Å². The SMILES string of the molecule is O=C1CC(S(=O)(=O)Cl)CN1C1CCN(Cc2ccccc2)CC1. The second-order valence-electron chi connectivity index (χ2n) is 6.34. The molecule has 2 aliphatic heterocycles. The van der Waals surface area contributed by atoms with Crippen LogP contribution in [0.2, 0.25) is 0 Å². The number of benzene rings is 1. The zero-order valence-corrected chi connectivity index (χ0v) is 14.5. The molecule has 126 valence electrons. The van der Waals surface area contributed by atoms with Gasteiger partial charge in [0.05, 0.1) is 0 Å². The first-order valence-electron chi connectivity index (χ1n) is 7.92. The number of rotatable bonds is 4. The third kappa shape index (κ3) is 4.05. The topological polar surface area (TPSA) is 57.7 Å². The van der Waals surface area contributed by atoms with E-state index in [-0.39, 0.29) is 24.9 Å². The van der Waals surface area contributed by atoms with Crippen molar-refractivity contribution in [2.75, 3.05) is 19.6 Å². The number of carbonyl (C=O) groups excluding carboxylic acids is 1. The Hall–Kier alpha value is -1.11. The fraction of sp³-hybridized carbons (Fsp3) is 0.562. The molecule has 2 heterocycles. The van der Waals surface area contributed by atoms with Crippen molar-refractivity contribution in [2.45, 2.75) is 37.1 Å². The highest BCUT2D eigenvalue weighted by Crippen LogP contribution is 2.27. The van der Waals surface area contributed by atoms with E-state index in [0.717, 1.165) is 32.5 Å². The van der Waals surface area contributed by atoms with Gasteiger partial charge in [0.2, 0.25) is 15.0 Å². The van der Waals surface area contributed by atoms with Crippen LogP contribution >= 0.6 is 10.7 Å². The number of hydrogen-bond donors (Lipinski definition) is 0. The maximum Gasteiger partial charge on any atom is 0.237 e. The van der Waals surface area contributed by atoms with Crippen LogP contribution < -0.4 is 0 Å². The summed E-state index contributed by atoms with van der Waals surface area (Å²) in [7, 11) is 1.75. The Morgan fingerprint density at radius 1 is 1.13 bits per heavy atom. The lowest BCUT2D eigenvalue weighted by Crippen LogP contribution is -2.45. The Balaban J connectivity index is 1.54. The molecule has 0 aromatic heterocycles. The summed E-state index contributed by atoms with van der Waals surface area (Å²) < 4.78 is 22.9. The molecule has 0 spiro atoms. The predicted octanol–water partition coefficient (Wildman–Crippen LogP) is 1.82. The minimum atomic E-state index is -3.66. The Kier molecular flexibility index (Phi) is 4.94. The van der Waals surface area contributed by atoms with Gasteiger partial charge in [0.15, 0.2) is 0 Å². The fourth-order valence-electron chi connectivity index (χ4n) is 3.47. The lowest BCUT2D eigenvalue weighted by molar-refractivity contribution is -0.130. The highest BCUT2D eigenvalue weighted by Gasteiger charge is 2.40. The van der Waals surface area contributed by atoms with Crippen LogP contribution in [0, 0.1) is 0 Å². The van der Waals surface area contributed by atoms with E-state index < -0.39 is 14.3 Å². The first-order chi connectivity index (χ1) is 10.9. The summed E-state index contributed by atoms with van der Waals surface area (Å²) in [5, 5.41) is -0.751. The van der Waals surface area contributed by atoms with Crippen LogP contribution in [-0.2, 0) is 20.4 Å². The van der Waals surface area contributed by atoms with Gasteiger partial charge in [-0.3, -0.25) is 9.69 Å². The number of piperidine rings is 1. The van der Waals surface area contributed by atoms with E-state index in [1.807, 2.05) is 18.2 Å². The van der Waals surface area contributed by atoms with Crippen molar-refractivity contribution in [3.8, 4) is 0 Å². The van der Waals surface area contributed by atoms with Crippen LogP contribution in [0.25, 0.3) is 0 Å². The van der Waals surface area contributed by atoms with Crippen molar-refractivity contribution in [1.29, 1.82) is 0 Å². The third-order valence-electron chi connectivity index (χ3n) is 4.77. The molecule has 7 heteroatoms. The maximum atomic E-state index is 12.1. The molecule has 1 unspecified atom stereocenters. The van der Waals surface area contributed by atoms with Crippen LogP contribution in [-0.4, -0.2) is 55.1 Å². The van der Waals surface area contributed by atoms with E-state index in [9.17, 15) is 13.2 Å². The number of nitrogens with zero attached hydrogens (tertiary/aromatic N) is 2. The zero-order chi connectivity index (χ0) is 16.4. The van der Waals surface area contributed by atoms with Gasteiger partial charge in [0, 0.05) is 49.3 Å². The Morgan fingerprint density at radius 3 is 2.35 bits per heavy atom. The summed E-state index contributed by atoms with van der Waals surface area (Å²) >= 11 is 0. The van der Waals surface area contributed by atoms with E-state index in [4.69, 9.17) is 10.7 Å². The first-order valence-corrected chi connectivity index (χ1v) is 10.3. The molecule has 2 fully saturated rings. The van der Waals surface area contributed by atoms with E-state index in [2.05, 4.69) is 17.0 Å². The van der Waals surface area contributed by atoms with Gasteiger partial charge in [0.1, 0.15) is 5.25 Å². The lowest BCUT2D eigenvalue weighted by atomic mass is 10.0. The molecular formula is C16H21ClN2O3S. The van der Waals surface area contributed by atoms with Gasteiger partial charge in [-0.2, -0.15) is 0 Å². The molecule has 1 atom stereocenters. The molecule has 0 N–H and O–H groups in total. The van der Waals surface area contributed by atoms with E-state index in [0.29, 0.717) is 0 Å². The zero-order valence-electron chi connectivity index (χ0n) is 12.9. The summed E-state index contributed by atoms with van der Waals surface area (Å²) in [6.45, 7) is 3.00. The highest BCUT2D eigenvalue weighted by atomic mass is 35.7. The molecule has 23 heavy (non-hydrogen) atoms. The Morgan fingerprint density at radius 2 is 1.78 bits per heavy atom. The van der Waals surface area contributed by atoms with Gasteiger partial charge in [-0.05, 0) is 18.4 Å². The largest absolute Gasteiger partial charge is 0.338 e. The molecule has 1 aromatic rings. The number of hydrogen-bond acceptors (Lipinski definition) is 4. The van der Waals surface area contributed by atoms with E-state index in [1.54, 1.807) is 4.90 Å². The lowest BCUT2D eigenvalue weighted by Gasteiger charge is -2.36. The van der Waals surface area contributed by atoms with Crippen LogP contribution in [0.1, 0.15) is 24.8 Å². The molecular weight excluding hydrogens is 336 g/mol. The normalized spacial score (nSPS) is 24.3. The summed E-state index contributed by atoms with van der Waals surface area (Å²) in [4.78, 5) is 16.2. The molecule has 3 rings (SSSR count). The number of likely N-dealkylation sites (tertiary alicyclic amines) is 2. The van der Waals surface area contributed by atoms with Gasteiger partial charge in [-0.15, -0.1) is 0 Å². The highest BCUT2D eigenvalue weighted by molar-refractivity contribution is 8.14. The summed E-state index contributed by atoms with van der Waals surface area (Å²) in [5.74, 6) is -0.0827. The smallest absolute Gasteiger partial charge is 0.237 e. The number of carbonyl (C=O) groups is 1. The molecule has 0 aliphatic carbocycles. The minimum Gasteiger partial charge on any atom is -0.338 e. The van der Waals surface area contributed by atoms with Gasteiger partial charge < -0.3 is 4.90 Å². The average molecular weight is 357 g/mol. The molecule has 0 saturated carbocycles. The average Bonchev–Trinajstić information content (AvgIpc) is 2.91. The molecule has 5 nitrogen and oxygen atoms in total. The summed E-state index contributed by atoms with van der Waals surface area (Å²) in [6.07, 6.45) is 1.79. The maximum absolute atomic E-state index is 12.1. The van der Waals surface area contributed by atoms with E-state index >= 15 is 0 Å². The van der Waals surface area contributed by atoms with Crippen LogP contribution in [0.3, 0.4) is 0 Å². The number of halogens is 1. The van der Waals surface area contributed by atoms with Crippen LogP contribution in [0.15, 0.2) is 30.3 Å². The van der Waals surface area contributed by atoms with Gasteiger partial charge in [-0.25, -0.2) is 8.42 Å². The molecule has 0 radical (unpaired) electrons. The van der Waals surface area contributed by atoms with Crippen molar-refractivity contribution in [3.63, 3.8) is 0 Å². The second kappa shape index (κ2) is 6.79. The van der Waals surface area contributed by atoms with Crippen molar-refractivity contribution < 1.29 is 13.2 Å². The van der Waals surface area contributed by atoms with Crippen LogP contribution in [0.4, 0.5) is 0 Å². The monoisotopic (exact) mass is 356 g/mol. The van der Waals surface area contributed by atoms with Crippen molar-refractivity contribution in [1.82, 2.24) is 9.80 Å². The quantitative estimate of drug-likeness (QED) is 0.772. The van der Waals surface area contributed by atoms with Gasteiger partial charge in [0.25, 0.3) is 0 Å². The molecule has 2 saturated heterocycles. The van der Waals surface area contributed by atoms with E-state index in [1.165, 1.54) is 5.56 Å². The number of amides is 1. The predicted molar refractivity (Wildman–Crippen MR) is 89.6 cm³/mol. The Labute approximate surface area is 141 Å². The summed E-state index contributed by atoms with van der Waals surface area (Å²) in [5.41, 5.74) is 1.29. The second-order valence-corrected chi connectivity index (χ2v) is 9.25. The molecule has 1 aromatic carbocycles. The molecule has 0 bridgehead atoms. The fourth-order valence-corrected chi connectivity index (χ4v) is 4.51. The Bertz CT molecular complexity index is 657. The summed E-state index contributed by atoms with van der Waals surface area (Å²) in [6, 6.07) is 10.5. The molecule has 1 amide bonds.